The van der Waals surface area contributed by atoms with Crippen LogP contribution in [0.4, 0.5) is 5.69 Å². The summed E-state index contributed by atoms with van der Waals surface area (Å²) in [6.45, 7) is 2.23. The topological polar surface area (TPSA) is 26.0 Å². The van der Waals surface area contributed by atoms with Gasteiger partial charge in [-0.3, -0.25) is 0 Å². The van der Waals surface area contributed by atoms with Gasteiger partial charge in [-0.25, -0.2) is 0 Å². The van der Waals surface area contributed by atoms with Crippen LogP contribution >= 0.6 is 0 Å². The third-order valence-electron chi connectivity index (χ3n) is 2.53. The van der Waals surface area contributed by atoms with Crippen molar-refractivity contribution in [1.82, 2.24) is 0 Å². The second kappa shape index (κ2) is 7.10. The van der Waals surface area contributed by atoms with Gasteiger partial charge >= 0.3 is 0 Å². The lowest BCUT2D eigenvalue weighted by atomic mass is 10.1. The molecule has 2 N–H and O–H groups in total. The fourth-order valence-corrected chi connectivity index (χ4v) is 1.56. The first-order chi connectivity index (χ1) is 7.34. The third-order valence-corrected chi connectivity index (χ3v) is 2.53. The van der Waals surface area contributed by atoms with E-state index in [1.807, 2.05) is 18.2 Å². The maximum Gasteiger partial charge on any atom is 0.0349 e. The van der Waals surface area contributed by atoms with Crippen LogP contribution in [-0.4, -0.2) is 0 Å². The summed E-state index contributed by atoms with van der Waals surface area (Å²) in [6.07, 6.45) is 10.6. The normalized spacial score (nSPS) is 11.0. The molecule has 1 nitrogen and oxygen atoms in total. The van der Waals surface area contributed by atoms with E-state index in [0.29, 0.717) is 0 Å². The average molecular weight is 203 g/mol. The van der Waals surface area contributed by atoms with Crippen LogP contribution in [0.3, 0.4) is 0 Å². The number of nitrogen functional groups attached to an aromatic ring is 1. The Morgan fingerprint density at radius 3 is 2.67 bits per heavy atom. The number of hydrogen-bond acceptors (Lipinski definition) is 1. The summed E-state index contributed by atoms with van der Waals surface area (Å²) in [5, 5.41) is 0. The highest BCUT2D eigenvalue weighted by molar-refractivity contribution is 5.47. The Bertz CT molecular complexity index is 302. The molecular formula is C14H21N. The van der Waals surface area contributed by atoms with E-state index >= 15 is 0 Å². The van der Waals surface area contributed by atoms with Gasteiger partial charge in [0.25, 0.3) is 0 Å². The van der Waals surface area contributed by atoms with E-state index in [-0.39, 0.29) is 0 Å². The average Bonchev–Trinajstić information content (AvgIpc) is 2.25. The quantitative estimate of drug-likeness (QED) is 0.423. The molecular weight excluding hydrogens is 182 g/mol. The Hall–Kier alpha value is -1.24. The molecule has 0 spiro atoms. The van der Waals surface area contributed by atoms with Crippen molar-refractivity contribution in [2.24, 2.45) is 0 Å². The largest absolute Gasteiger partial charge is 0.398 e. The van der Waals surface area contributed by atoms with Crippen molar-refractivity contribution in [2.75, 3.05) is 5.73 Å². The molecule has 0 aliphatic rings. The summed E-state index contributed by atoms with van der Waals surface area (Å²) in [5.41, 5.74) is 7.97. The van der Waals surface area contributed by atoms with Gasteiger partial charge in [0.05, 0.1) is 0 Å². The highest BCUT2D eigenvalue weighted by Gasteiger charge is 1.93. The Labute approximate surface area is 93.0 Å². The first-order valence-corrected chi connectivity index (χ1v) is 5.83. The van der Waals surface area contributed by atoms with Crippen LogP contribution < -0.4 is 5.73 Å². The first-order valence-electron chi connectivity index (χ1n) is 5.83. The molecule has 0 aromatic heterocycles. The highest BCUT2D eigenvalue weighted by atomic mass is 14.5. The minimum Gasteiger partial charge on any atom is -0.398 e. The molecule has 0 fully saturated rings. The number of para-hydroxylation sites is 1. The molecule has 82 valence electrons. The van der Waals surface area contributed by atoms with Crippen molar-refractivity contribution in [2.45, 2.75) is 39.0 Å². The van der Waals surface area contributed by atoms with Crippen LogP contribution in [0.2, 0.25) is 0 Å². The summed E-state index contributed by atoms with van der Waals surface area (Å²) in [4.78, 5) is 0. The zero-order chi connectivity index (χ0) is 10.9. The molecule has 0 bridgehead atoms. The number of benzene rings is 1. The number of hydrogen-bond donors (Lipinski definition) is 1. The Morgan fingerprint density at radius 2 is 1.93 bits per heavy atom. The lowest BCUT2D eigenvalue weighted by molar-refractivity contribution is 0.728. The standard InChI is InChI=1S/C14H21N/c1-2-3-4-5-6-7-10-13-11-8-9-12-14(13)15/h6-9,11-12H,2-5,10,15H2,1H3/b7-6-. The molecule has 0 saturated carbocycles. The summed E-state index contributed by atoms with van der Waals surface area (Å²) >= 11 is 0. The van der Waals surface area contributed by atoms with Gasteiger partial charge in [-0.05, 0) is 30.9 Å². The van der Waals surface area contributed by atoms with Crippen molar-refractivity contribution >= 4 is 5.69 Å². The molecule has 0 aliphatic carbocycles. The molecule has 0 atom stereocenters. The molecule has 0 aliphatic heterocycles. The molecule has 0 heterocycles. The van der Waals surface area contributed by atoms with Crippen molar-refractivity contribution < 1.29 is 0 Å². The Morgan fingerprint density at radius 1 is 1.13 bits per heavy atom. The van der Waals surface area contributed by atoms with E-state index in [2.05, 4.69) is 25.1 Å². The molecule has 15 heavy (non-hydrogen) atoms. The molecule has 1 heteroatoms. The monoisotopic (exact) mass is 203 g/mol. The molecule has 1 aromatic rings. The first kappa shape index (κ1) is 11.8. The number of anilines is 1. The zero-order valence-electron chi connectivity index (χ0n) is 9.58. The van der Waals surface area contributed by atoms with E-state index in [4.69, 9.17) is 5.73 Å². The van der Waals surface area contributed by atoms with E-state index in [1.54, 1.807) is 0 Å². The summed E-state index contributed by atoms with van der Waals surface area (Å²) in [5.74, 6) is 0. The van der Waals surface area contributed by atoms with Gasteiger partial charge in [0.1, 0.15) is 0 Å². The molecule has 0 radical (unpaired) electrons. The van der Waals surface area contributed by atoms with Crippen LogP contribution in [0.1, 0.15) is 38.2 Å². The fourth-order valence-electron chi connectivity index (χ4n) is 1.56. The molecule has 0 saturated heterocycles. The van der Waals surface area contributed by atoms with Crippen LogP contribution in [0.15, 0.2) is 36.4 Å². The van der Waals surface area contributed by atoms with E-state index in [1.165, 1.54) is 31.2 Å². The van der Waals surface area contributed by atoms with Gasteiger partial charge in [0, 0.05) is 5.69 Å². The van der Waals surface area contributed by atoms with Crippen molar-refractivity contribution in [3.8, 4) is 0 Å². The van der Waals surface area contributed by atoms with Crippen LogP contribution in [0.5, 0.6) is 0 Å². The number of unbranched alkanes of at least 4 members (excludes halogenated alkanes) is 3. The minimum absolute atomic E-state index is 0.899. The molecule has 1 aromatic carbocycles. The third kappa shape index (κ3) is 4.68. The number of allylic oxidation sites excluding steroid dienone is 2. The van der Waals surface area contributed by atoms with Crippen molar-refractivity contribution in [3.05, 3.63) is 42.0 Å². The maximum atomic E-state index is 5.85. The lowest BCUT2D eigenvalue weighted by Crippen LogP contribution is -1.91. The Balaban J connectivity index is 2.28. The predicted octanol–water partition coefficient (Wildman–Crippen LogP) is 3.95. The summed E-state index contributed by atoms with van der Waals surface area (Å²) in [6, 6.07) is 8.06. The van der Waals surface area contributed by atoms with Gasteiger partial charge in [-0.15, -0.1) is 0 Å². The second-order valence-electron chi connectivity index (χ2n) is 3.87. The smallest absolute Gasteiger partial charge is 0.0349 e. The molecule has 1 rings (SSSR count). The maximum absolute atomic E-state index is 5.85. The van der Waals surface area contributed by atoms with Gasteiger partial charge in [0.15, 0.2) is 0 Å². The van der Waals surface area contributed by atoms with E-state index < -0.39 is 0 Å². The number of rotatable bonds is 6. The zero-order valence-corrected chi connectivity index (χ0v) is 9.58. The van der Waals surface area contributed by atoms with Crippen LogP contribution in [0, 0.1) is 0 Å². The molecule has 0 unspecified atom stereocenters. The Kier molecular flexibility index (Phi) is 5.60. The summed E-state index contributed by atoms with van der Waals surface area (Å²) < 4.78 is 0. The van der Waals surface area contributed by atoms with Gasteiger partial charge in [0.2, 0.25) is 0 Å². The summed E-state index contributed by atoms with van der Waals surface area (Å²) in [7, 11) is 0. The van der Waals surface area contributed by atoms with Crippen molar-refractivity contribution in [3.63, 3.8) is 0 Å². The van der Waals surface area contributed by atoms with Gasteiger partial charge in [-0.1, -0.05) is 50.1 Å². The van der Waals surface area contributed by atoms with Crippen LogP contribution in [0.25, 0.3) is 0 Å². The highest BCUT2D eigenvalue weighted by Crippen LogP contribution is 2.11. The fraction of sp³-hybridized carbons (Fsp3) is 0.429. The van der Waals surface area contributed by atoms with E-state index in [9.17, 15) is 0 Å². The molecule has 0 amide bonds. The lowest BCUT2D eigenvalue weighted by Gasteiger charge is -2.00. The van der Waals surface area contributed by atoms with Crippen LogP contribution in [-0.2, 0) is 6.42 Å². The predicted molar refractivity (Wildman–Crippen MR) is 67.8 cm³/mol. The SMILES string of the molecule is CCCCC/C=C\Cc1ccccc1N. The van der Waals surface area contributed by atoms with E-state index in [0.717, 1.165) is 12.1 Å². The van der Waals surface area contributed by atoms with Gasteiger partial charge < -0.3 is 5.73 Å². The van der Waals surface area contributed by atoms with Crippen molar-refractivity contribution in [1.29, 1.82) is 0 Å². The number of nitrogens with two attached hydrogens (primary N) is 1. The van der Waals surface area contributed by atoms with Gasteiger partial charge in [-0.2, -0.15) is 0 Å². The minimum atomic E-state index is 0.899. The second-order valence-corrected chi connectivity index (χ2v) is 3.87.